The molecule has 0 bridgehead atoms. The van der Waals surface area contributed by atoms with Gasteiger partial charge in [0.15, 0.2) is 0 Å². The fourth-order valence-electron chi connectivity index (χ4n) is 3.64. The number of carbonyl (C=O) groups excluding carboxylic acids is 1. The van der Waals surface area contributed by atoms with Crippen molar-refractivity contribution in [3.05, 3.63) is 34.3 Å². The first-order chi connectivity index (χ1) is 12.1. The van der Waals surface area contributed by atoms with Crippen molar-refractivity contribution < 1.29 is 27.9 Å². The molecular weight excluding hydrogens is 371 g/mol. The Morgan fingerprint density at radius 2 is 1.88 bits per heavy atom. The molecule has 0 aliphatic heterocycles. The summed E-state index contributed by atoms with van der Waals surface area (Å²) in [6, 6.07) is 3.26. The van der Waals surface area contributed by atoms with Crippen LogP contribution >= 0.6 is 11.6 Å². The van der Waals surface area contributed by atoms with E-state index in [2.05, 4.69) is 5.32 Å². The van der Waals surface area contributed by atoms with E-state index in [-0.39, 0.29) is 23.4 Å². The van der Waals surface area contributed by atoms with Crippen molar-refractivity contribution in [2.75, 3.05) is 6.54 Å². The van der Waals surface area contributed by atoms with Crippen LogP contribution in [0.25, 0.3) is 0 Å². The van der Waals surface area contributed by atoms with Crippen molar-refractivity contribution in [2.24, 2.45) is 11.8 Å². The highest BCUT2D eigenvalue weighted by atomic mass is 35.5. The summed E-state index contributed by atoms with van der Waals surface area (Å²) in [6.45, 7) is 0.209. The van der Waals surface area contributed by atoms with E-state index in [1.54, 1.807) is 0 Å². The molecule has 0 heterocycles. The molecule has 0 radical (unpaired) electrons. The van der Waals surface area contributed by atoms with Crippen LogP contribution in [-0.2, 0) is 21.2 Å². The molecule has 142 valence electrons. The normalized spacial score (nSPS) is 24.3. The van der Waals surface area contributed by atoms with Gasteiger partial charge in [-0.15, -0.1) is 0 Å². The van der Waals surface area contributed by atoms with Crippen LogP contribution in [0.15, 0.2) is 18.2 Å². The van der Waals surface area contributed by atoms with Gasteiger partial charge < -0.3 is 10.4 Å². The molecule has 2 saturated carbocycles. The number of alkyl halides is 3. The number of carbonyl (C=O) groups is 2. The van der Waals surface area contributed by atoms with E-state index in [0.717, 1.165) is 12.1 Å². The summed E-state index contributed by atoms with van der Waals surface area (Å²) in [5.74, 6) is -1.99. The highest BCUT2D eigenvalue weighted by molar-refractivity contribution is 6.31. The Kier molecular flexibility index (Phi) is 4.94. The van der Waals surface area contributed by atoms with Crippen LogP contribution in [-0.4, -0.2) is 23.5 Å². The number of carboxylic acid groups (broad SMARTS) is 1. The average molecular weight is 390 g/mol. The number of hydrogen-bond acceptors (Lipinski definition) is 2. The summed E-state index contributed by atoms with van der Waals surface area (Å²) in [4.78, 5) is 23.3. The summed E-state index contributed by atoms with van der Waals surface area (Å²) in [7, 11) is 0. The van der Waals surface area contributed by atoms with Crippen LogP contribution in [0.3, 0.4) is 0 Å². The zero-order valence-corrected chi connectivity index (χ0v) is 14.7. The molecule has 26 heavy (non-hydrogen) atoms. The monoisotopic (exact) mass is 389 g/mol. The number of aliphatic carboxylic acids is 1. The van der Waals surface area contributed by atoms with Gasteiger partial charge in [0.05, 0.1) is 11.5 Å². The van der Waals surface area contributed by atoms with Gasteiger partial charge in [-0.05, 0) is 55.9 Å². The highest BCUT2D eigenvalue weighted by Gasteiger charge is 2.47. The Hall–Kier alpha value is -1.76. The topological polar surface area (TPSA) is 66.4 Å². The van der Waals surface area contributed by atoms with Gasteiger partial charge in [0.25, 0.3) is 0 Å². The van der Waals surface area contributed by atoms with E-state index in [1.807, 2.05) is 0 Å². The molecule has 2 atom stereocenters. The van der Waals surface area contributed by atoms with Gasteiger partial charge in [0, 0.05) is 22.9 Å². The second-order valence-electron chi connectivity index (χ2n) is 7.24. The van der Waals surface area contributed by atoms with Crippen molar-refractivity contribution in [2.45, 2.75) is 43.7 Å². The van der Waals surface area contributed by atoms with E-state index in [4.69, 9.17) is 16.7 Å². The number of rotatable bonds is 5. The van der Waals surface area contributed by atoms with E-state index in [0.29, 0.717) is 37.7 Å². The zero-order valence-electron chi connectivity index (χ0n) is 13.9. The van der Waals surface area contributed by atoms with Gasteiger partial charge in [0.1, 0.15) is 0 Å². The number of halogens is 4. The van der Waals surface area contributed by atoms with Crippen molar-refractivity contribution in [3.63, 3.8) is 0 Å². The molecule has 4 nitrogen and oxygen atoms in total. The van der Waals surface area contributed by atoms with E-state index < -0.39 is 29.0 Å². The van der Waals surface area contributed by atoms with Gasteiger partial charge in [-0.3, -0.25) is 9.59 Å². The first-order valence-corrected chi connectivity index (χ1v) is 8.88. The Balaban J connectivity index is 1.67. The molecule has 2 N–H and O–H groups in total. The minimum Gasteiger partial charge on any atom is -0.481 e. The smallest absolute Gasteiger partial charge is 0.416 e. The second kappa shape index (κ2) is 6.76. The molecular formula is C18H19ClF3NO3. The number of hydrogen-bond donors (Lipinski definition) is 2. The zero-order chi connectivity index (χ0) is 19.1. The molecule has 2 fully saturated rings. The lowest BCUT2D eigenvalue weighted by atomic mass is 9.93. The largest absolute Gasteiger partial charge is 0.481 e. The van der Waals surface area contributed by atoms with Crippen LogP contribution in [0.4, 0.5) is 13.2 Å². The lowest BCUT2D eigenvalue weighted by molar-refractivity contribution is -0.141. The summed E-state index contributed by atoms with van der Waals surface area (Å²) in [5, 5.41) is 12.1. The molecule has 0 aromatic heterocycles. The van der Waals surface area contributed by atoms with Gasteiger partial charge >= 0.3 is 12.1 Å². The van der Waals surface area contributed by atoms with Crippen LogP contribution in [0.1, 0.15) is 43.2 Å². The Morgan fingerprint density at radius 3 is 2.42 bits per heavy atom. The molecule has 3 rings (SSSR count). The third-order valence-electron chi connectivity index (χ3n) is 5.47. The maximum absolute atomic E-state index is 13.0. The molecule has 0 saturated heterocycles. The third kappa shape index (κ3) is 3.82. The Bertz CT molecular complexity index is 731. The van der Waals surface area contributed by atoms with Crippen molar-refractivity contribution >= 4 is 23.5 Å². The molecule has 2 aliphatic rings. The fourth-order valence-corrected chi connectivity index (χ4v) is 3.96. The Labute approximate surface area is 153 Å². The minimum atomic E-state index is -4.45. The maximum atomic E-state index is 13.0. The van der Waals surface area contributed by atoms with Crippen molar-refractivity contribution in [3.8, 4) is 0 Å². The first kappa shape index (κ1) is 19.0. The predicted octanol–water partition coefficient (Wildman–Crippen LogP) is 4.01. The van der Waals surface area contributed by atoms with E-state index >= 15 is 0 Å². The average Bonchev–Trinajstić information content (AvgIpc) is 3.17. The van der Waals surface area contributed by atoms with Gasteiger partial charge in [-0.2, -0.15) is 13.2 Å². The number of amides is 1. The van der Waals surface area contributed by atoms with Crippen LogP contribution in [0.2, 0.25) is 5.02 Å². The Morgan fingerprint density at radius 1 is 1.23 bits per heavy atom. The summed E-state index contributed by atoms with van der Waals surface area (Å²) >= 11 is 6.12. The van der Waals surface area contributed by atoms with Crippen molar-refractivity contribution in [1.82, 2.24) is 5.32 Å². The van der Waals surface area contributed by atoms with Crippen LogP contribution in [0.5, 0.6) is 0 Å². The maximum Gasteiger partial charge on any atom is 0.416 e. The molecule has 1 amide bonds. The second-order valence-corrected chi connectivity index (χ2v) is 7.64. The number of nitrogens with one attached hydrogen (secondary N) is 1. The SMILES string of the molecule is O=C(O)[C@@H]1CC[C@H](C(=O)NCC2(c3cc(C(F)(F)F)ccc3Cl)CC2)C1. The van der Waals surface area contributed by atoms with Gasteiger partial charge in [-0.25, -0.2) is 0 Å². The number of carboxylic acids is 1. The molecule has 0 spiro atoms. The summed E-state index contributed by atoms with van der Waals surface area (Å²) in [5.41, 5.74) is -0.919. The molecule has 1 aromatic rings. The van der Waals surface area contributed by atoms with Crippen LogP contribution < -0.4 is 5.32 Å². The standard InChI is InChI=1S/C18H19ClF3NO3/c19-14-4-3-12(18(20,21)22)8-13(14)17(5-6-17)9-23-15(24)10-1-2-11(7-10)16(25)26/h3-4,8,10-11H,1-2,5-7,9H2,(H,23,24)(H,25,26)/t10-,11+/m0/s1. The van der Waals surface area contributed by atoms with Crippen molar-refractivity contribution in [1.29, 1.82) is 0 Å². The fraction of sp³-hybridized carbons (Fsp3) is 0.556. The highest BCUT2D eigenvalue weighted by Crippen LogP contribution is 2.51. The summed E-state index contributed by atoms with van der Waals surface area (Å²) < 4.78 is 38.9. The molecule has 1 aromatic carbocycles. The summed E-state index contributed by atoms with van der Waals surface area (Å²) in [6.07, 6.45) is -1.86. The molecule has 2 aliphatic carbocycles. The van der Waals surface area contributed by atoms with Gasteiger partial charge in [0.2, 0.25) is 5.91 Å². The van der Waals surface area contributed by atoms with Crippen LogP contribution in [0, 0.1) is 11.8 Å². The predicted molar refractivity (Wildman–Crippen MR) is 88.8 cm³/mol. The third-order valence-corrected chi connectivity index (χ3v) is 5.80. The first-order valence-electron chi connectivity index (χ1n) is 8.50. The lowest BCUT2D eigenvalue weighted by Crippen LogP contribution is -2.36. The van der Waals surface area contributed by atoms with E-state index in [9.17, 15) is 22.8 Å². The minimum absolute atomic E-state index is 0.209. The quantitative estimate of drug-likeness (QED) is 0.799. The number of benzene rings is 1. The molecule has 0 unspecified atom stereocenters. The van der Waals surface area contributed by atoms with E-state index in [1.165, 1.54) is 6.07 Å². The lowest BCUT2D eigenvalue weighted by Gasteiger charge is -2.21. The molecule has 8 heteroatoms. The van der Waals surface area contributed by atoms with Gasteiger partial charge in [-0.1, -0.05) is 11.6 Å².